The first kappa shape index (κ1) is 27.5. The largest absolute Gasteiger partial charge is 0.493 e. The first-order chi connectivity index (χ1) is 17.5. The zero-order valence-electron chi connectivity index (χ0n) is 22.4. The highest BCUT2D eigenvalue weighted by molar-refractivity contribution is 5.94. The number of carbonyl (C=O) groups excluding carboxylic acids is 1. The lowest BCUT2D eigenvalue weighted by Crippen LogP contribution is -2.49. The molecule has 2 aliphatic heterocycles. The Kier molecular flexibility index (Phi) is 8.19. The first-order valence-corrected chi connectivity index (χ1v) is 13.1. The van der Waals surface area contributed by atoms with Gasteiger partial charge in [0, 0.05) is 36.8 Å². The number of hydrogen-bond acceptors (Lipinski definition) is 4. The van der Waals surface area contributed by atoms with Crippen LogP contribution in [0.2, 0.25) is 0 Å². The summed E-state index contributed by atoms with van der Waals surface area (Å²) in [6.45, 7) is 9.61. The van der Waals surface area contributed by atoms with Crippen molar-refractivity contribution in [1.82, 2.24) is 14.7 Å². The number of carbonyl (C=O) groups is 1. The van der Waals surface area contributed by atoms with Gasteiger partial charge < -0.3 is 14.5 Å². The molecule has 0 spiro atoms. The average Bonchev–Trinajstić information content (AvgIpc) is 3.46. The van der Waals surface area contributed by atoms with Gasteiger partial charge in [-0.15, -0.1) is 0 Å². The van der Waals surface area contributed by atoms with Crippen molar-refractivity contribution in [2.75, 3.05) is 40.3 Å². The fourth-order valence-corrected chi connectivity index (χ4v) is 5.71. The van der Waals surface area contributed by atoms with E-state index in [1.165, 1.54) is 28.8 Å². The van der Waals surface area contributed by atoms with Crippen LogP contribution in [0.3, 0.4) is 0 Å². The molecular weight excluding hydrogens is 479 g/mol. The SMILES string of the molecule is Cc1c(OCCCCN(C)C)ccc(C(C)N2C[C@@H]3C[C@@H]2CN3C(=O)c2ccc(C(F)(F)F)cc2)c1C. The maximum absolute atomic E-state index is 13.1. The zero-order chi connectivity index (χ0) is 26.9. The van der Waals surface area contributed by atoms with Crippen LogP contribution in [0.1, 0.15) is 64.8 Å². The number of likely N-dealkylation sites (tertiary alicyclic amines) is 2. The quantitative estimate of drug-likeness (QED) is 0.400. The van der Waals surface area contributed by atoms with Crippen molar-refractivity contribution in [2.45, 2.75) is 64.3 Å². The van der Waals surface area contributed by atoms with E-state index in [0.717, 1.165) is 50.2 Å². The molecule has 8 heteroatoms. The lowest BCUT2D eigenvalue weighted by molar-refractivity contribution is -0.137. The molecule has 2 fully saturated rings. The van der Waals surface area contributed by atoms with Crippen LogP contribution in [-0.4, -0.2) is 73.0 Å². The van der Waals surface area contributed by atoms with Gasteiger partial charge in [0.15, 0.2) is 0 Å². The molecule has 0 saturated carbocycles. The monoisotopic (exact) mass is 517 g/mol. The number of piperazine rings is 1. The molecule has 2 aromatic rings. The minimum Gasteiger partial charge on any atom is -0.493 e. The summed E-state index contributed by atoms with van der Waals surface area (Å²) < 4.78 is 44.7. The molecule has 3 atom stereocenters. The highest BCUT2D eigenvalue weighted by Crippen LogP contribution is 2.40. The molecular formula is C29H38F3N3O2. The molecule has 0 aliphatic carbocycles. The summed E-state index contributed by atoms with van der Waals surface area (Å²) >= 11 is 0. The van der Waals surface area contributed by atoms with Crippen LogP contribution < -0.4 is 4.74 Å². The Balaban J connectivity index is 1.36. The number of amides is 1. The van der Waals surface area contributed by atoms with Gasteiger partial charge >= 0.3 is 6.18 Å². The van der Waals surface area contributed by atoms with Crippen LogP contribution >= 0.6 is 0 Å². The van der Waals surface area contributed by atoms with E-state index in [1.54, 1.807) is 0 Å². The number of rotatable bonds is 9. The third-order valence-corrected chi connectivity index (χ3v) is 7.99. The van der Waals surface area contributed by atoms with Gasteiger partial charge in [-0.1, -0.05) is 6.07 Å². The normalized spacial score (nSPS) is 20.6. The van der Waals surface area contributed by atoms with E-state index in [4.69, 9.17) is 4.74 Å². The van der Waals surface area contributed by atoms with Gasteiger partial charge in [-0.3, -0.25) is 9.69 Å². The summed E-state index contributed by atoms with van der Waals surface area (Å²) in [6, 6.07) is 9.31. The van der Waals surface area contributed by atoms with Crippen molar-refractivity contribution in [3.8, 4) is 5.75 Å². The Labute approximate surface area is 218 Å². The van der Waals surface area contributed by atoms with Gasteiger partial charge in [-0.2, -0.15) is 13.2 Å². The number of ether oxygens (including phenoxy) is 1. The van der Waals surface area contributed by atoms with E-state index in [9.17, 15) is 18.0 Å². The van der Waals surface area contributed by atoms with Crippen molar-refractivity contribution in [3.63, 3.8) is 0 Å². The van der Waals surface area contributed by atoms with Crippen molar-refractivity contribution in [3.05, 3.63) is 64.2 Å². The van der Waals surface area contributed by atoms with E-state index in [1.807, 2.05) is 4.90 Å². The fourth-order valence-electron chi connectivity index (χ4n) is 5.71. The van der Waals surface area contributed by atoms with E-state index in [0.29, 0.717) is 18.7 Å². The van der Waals surface area contributed by atoms with Crippen molar-refractivity contribution < 1.29 is 22.7 Å². The standard InChI is InChI=1S/C29H38F3N3O2/c1-19-20(2)27(37-15-7-6-14-33(4)5)13-12-26(19)21(3)34-17-25-16-24(34)18-35(25)28(36)22-8-10-23(11-9-22)29(30,31)32/h8-13,21,24-25H,6-7,14-18H2,1-5H3/t21?,24-,25+/m1/s1. The molecule has 1 amide bonds. The number of unbranched alkanes of at least 4 members (excludes halogenated alkanes) is 1. The Morgan fingerprint density at radius 1 is 1.03 bits per heavy atom. The molecule has 2 saturated heterocycles. The molecule has 0 N–H and O–H groups in total. The zero-order valence-corrected chi connectivity index (χ0v) is 22.4. The van der Waals surface area contributed by atoms with Gasteiger partial charge in [0.25, 0.3) is 5.91 Å². The van der Waals surface area contributed by atoms with Gasteiger partial charge in [0.1, 0.15) is 5.75 Å². The Morgan fingerprint density at radius 3 is 2.32 bits per heavy atom. The number of alkyl halides is 3. The van der Waals surface area contributed by atoms with Crippen molar-refractivity contribution in [1.29, 1.82) is 0 Å². The van der Waals surface area contributed by atoms with Crippen LogP contribution in [-0.2, 0) is 6.18 Å². The lowest BCUT2D eigenvalue weighted by Gasteiger charge is -2.38. The molecule has 2 bridgehead atoms. The third kappa shape index (κ3) is 5.96. The number of hydrogen-bond donors (Lipinski definition) is 0. The Bertz CT molecular complexity index is 1100. The summed E-state index contributed by atoms with van der Waals surface area (Å²) in [5.74, 6) is 0.752. The lowest BCUT2D eigenvalue weighted by atomic mass is 9.96. The van der Waals surface area contributed by atoms with Gasteiger partial charge in [-0.05, 0) is 108 Å². The Hall–Kier alpha value is -2.58. The second-order valence-corrected chi connectivity index (χ2v) is 10.7. The maximum atomic E-state index is 13.1. The number of halogens is 3. The van der Waals surface area contributed by atoms with Crippen LogP contribution in [0, 0.1) is 13.8 Å². The van der Waals surface area contributed by atoms with E-state index in [2.05, 4.69) is 56.8 Å². The first-order valence-electron chi connectivity index (χ1n) is 13.1. The minimum atomic E-state index is -4.41. The number of benzene rings is 2. The Morgan fingerprint density at radius 2 is 1.73 bits per heavy atom. The summed E-state index contributed by atoms with van der Waals surface area (Å²) in [4.78, 5) is 19.5. The molecule has 4 rings (SSSR count). The molecule has 0 radical (unpaired) electrons. The molecule has 0 aromatic heterocycles. The second kappa shape index (κ2) is 11.0. The van der Waals surface area contributed by atoms with E-state index >= 15 is 0 Å². The van der Waals surface area contributed by atoms with E-state index in [-0.39, 0.29) is 24.0 Å². The van der Waals surface area contributed by atoms with Crippen LogP contribution in [0.5, 0.6) is 5.75 Å². The molecule has 2 heterocycles. The smallest absolute Gasteiger partial charge is 0.416 e. The predicted octanol–water partition coefficient (Wildman–Crippen LogP) is 5.70. The fraction of sp³-hybridized carbons (Fsp3) is 0.552. The molecule has 1 unspecified atom stereocenters. The number of fused-ring (bicyclic) bond motifs is 2. The van der Waals surface area contributed by atoms with Gasteiger partial charge in [0.05, 0.1) is 12.2 Å². The van der Waals surface area contributed by atoms with Crippen LogP contribution in [0.25, 0.3) is 0 Å². The summed E-state index contributed by atoms with van der Waals surface area (Å²) in [5.41, 5.74) is 3.24. The van der Waals surface area contributed by atoms with E-state index < -0.39 is 11.7 Å². The molecule has 5 nitrogen and oxygen atoms in total. The summed E-state index contributed by atoms with van der Waals surface area (Å²) in [7, 11) is 4.16. The highest BCUT2D eigenvalue weighted by Gasteiger charge is 2.47. The number of nitrogens with zero attached hydrogens (tertiary/aromatic N) is 3. The molecule has 2 aliphatic rings. The average molecular weight is 518 g/mol. The van der Waals surface area contributed by atoms with Gasteiger partial charge in [0.2, 0.25) is 0 Å². The van der Waals surface area contributed by atoms with Crippen LogP contribution in [0.15, 0.2) is 36.4 Å². The van der Waals surface area contributed by atoms with Gasteiger partial charge in [-0.25, -0.2) is 0 Å². The van der Waals surface area contributed by atoms with Crippen molar-refractivity contribution >= 4 is 5.91 Å². The van der Waals surface area contributed by atoms with Crippen molar-refractivity contribution in [2.24, 2.45) is 0 Å². The summed E-state index contributed by atoms with van der Waals surface area (Å²) in [6.07, 6.45) is -1.38. The molecule has 2 aromatic carbocycles. The van der Waals surface area contributed by atoms with Crippen LogP contribution in [0.4, 0.5) is 13.2 Å². The summed E-state index contributed by atoms with van der Waals surface area (Å²) in [5, 5.41) is 0. The predicted molar refractivity (Wildman–Crippen MR) is 139 cm³/mol. The molecule has 202 valence electrons. The molecule has 37 heavy (non-hydrogen) atoms. The topological polar surface area (TPSA) is 36.0 Å². The second-order valence-electron chi connectivity index (χ2n) is 10.7. The maximum Gasteiger partial charge on any atom is 0.416 e. The minimum absolute atomic E-state index is 0.0772. The third-order valence-electron chi connectivity index (χ3n) is 7.99. The highest BCUT2D eigenvalue weighted by atomic mass is 19.4.